The Morgan fingerprint density at radius 1 is 1.30 bits per heavy atom. The summed E-state index contributed by atoms with van der Waals surface area (Å²) in [6.07, 6.45) is 1.65. The highest BCUT2D eigenvalue weighted by atomic mass is 79.9. The molecule has 0 aliphatic carbocycles. The Kier molecular flexibility index (Phi) is 4.36. The average Bonchev–Trinajstić information content (AvgIpc) is 2.42. The van der Waals surface area contributed by atoms with E-state index in [1.807, 2.05) is 26.0 Å². The first-order valence-corrected chi connectivity index (χ1v) is 6.81. The number of hydrogen-bond acceptors (Lipinski definition) is 4. The number of pyridine rings is 1. The van der Waals surface area contributed by atoms with Crippen molar-refractivity contribution in [2.75, 3.05) is 10.7 Å². The number of nitrogens with one attached hydrogen (secondary N) is 2. The first-order chi connectivity index (χ1) is 9.51. The van der Waals surface area contributed by atoms with E-state index >= 15 is 0 Å². The zero-order valence-electron chi connectivity index (χ0n) is 11.2. The lowest BCUT2D eigenvalue weighted by Crippen LogP contribution is -2.18. The van der Waals surface area contributed by atoms with Crippen molar-refractivity contribution >= 4 is 33.3 Å². The van der Waals surface area contributed by atoms with Crippen LogP contribution in [0.15, 0.2) is 34.9 Å². The van der Waals surface area contributed by atoms with Crippen LogP contribution >= 0.6 is 15.9 Å². The van der Waals surface area contributed by atoms with E-state index in [9.17, 15) is 4.79 Å². The number of carbonyl (C=O) groups excluding carboxylic acids is 1. The fraction of sp³-hybridized carbons (Fsp3) is 0.143. The molecule has 0 atom stereocenters. The van der Waals surface area contributed by atoms with E-state index in [-0.39, 0.29) is 5.91 Å². The number of amides is 1. The summed E-state index contributed by atoms with van der Waals surface area (Å²) >= 11 is 3.37. The van der Waals surface area contributed by atoms with Crippen LogP contribution in [0.2, 0.25) is 0 Å². The minimum Gasteiger partial charge on any atom is -0.323 e. The first-order valence-electron chi connectivity index (χ1n) is 6.02. The van der Waals surface area contributed by atoms with Crippen LogP contribution in [0, 0.1) is 13.8 Å². The van der Waals surface area contributed by atoms with Crippen molar-refractivity contribution < 1.29 is 4.79 Å². The van der Waals surface area contributed by atoms with Crippen LogP contribution < -0.4 is 16.6 Å². The number of anilines is 2. The van der Waals surface area contributed by atoms with E-state index in [1.165, 1.54) is 0 Å². The molecule has 0 saturated heterocycles. The van der Waals surface area contributed by atoms with Crippen molar-refractivity contribution in [3.8, 4) is 0 Å². The predicted octanol–water partition coefficient (Wildman–Crippen LogP) is 3.00. The quantitative estimate of drug-likeness (QED) is 0.595. The minimum absolute atomic E-state index is 0.257. The third-order valence-electron chi connectivity index (χ3n) is 2.86. The van der Waals surface area contributed by atoms with Gasteiger partial charge in [-0.3, -0.25) is 10.6 Å². The molecule has 0 unspecified atom stereocenters. The number of aromatic nitrogens is 1. The van der Waals surface area contributed by atoms with E-state index in [0.29, 0.717) is 17.1 Å². The molecule has 1 aromatic heterocycles. The van der Waals surface area contributed by atoms with Gasteiger partial charge in [-0.25, -0.2) is 4.98 Å². The predicted molar refractivity (Wildman–Crippen MR) is 83.6 cm³/mol. The number of carbonyl (C=O) groups is 1. The van der Waals surface area contributed by atoms with Crippen LogP contribution in [-0.4, -0.2) is 10.9 Å². The summed E-state index contributed by atoms with van der Waals surface area (Å²) in [5.74, 6) is 5.68. The maximum absolute atomic E-state index is 12.2. The molecule has 5 nitrogen and oxygen atoms in total. The first kappa shape index (κ1) is 14.5. The lowest BCUT2D eigenvalue weighted by molar-refractivity contribution is 0.102. The van der Waals surface area contributed by atoms with Crippen molar-refractivity contribution in [1.29, 1.82) is 0 Å². The molecule has 4 N–H and O–H groups in total. The van der Waals surface area contributed by atoms with E-state index < -0.39 is 0 Å². The molecule has 0 aliphatic heterocycles. The SMILES string of the molecule is Cc1ccc(C(=O)Nc2cc(C)c(Br)cn2)c(NN)c1. The van der Waals surface area contributed by atoms with Gasteiger partial charge in [0, 0.05) is 10.7 Å². The van der Waals surface area contributed by atoms with Crippen molar-refractivity contribution in [2.45, 2.75) is 13.8 Å². The van der Waals surface area contributed by atoms with Crippen molar-refractivity contribution in [1.82, 2.24) is 4.98 Å². The maximum Gasteiger partial charge on any atom is 0.258 e. The molecule has 20 heavy (non-hydrogen) atoms. The van der Waals surface area contributed by atoms with Crippen LogP contribution in [0.3, 0.4) is 0 Å². The Balaban J connectivity index is 2.25. The molecule has 2 rings (SSSR count). The lowest BCUT2D eigenvalue weighted by atomic mass is 10.1. The number of nitrogens with zero attached hydrogens (tertiary/aromatic N) is 1. The van der Waals surface area contributed by atoms with Gasteiger partial charge in [-0.15, -0.1) is 0 Å². The van der Waals surface area contributed by atoms with Crippen LogP contribution in [0.25, 0.3) is 0 Å². The highest BCUT2D eigenvalue weighted by Crippen LogP contribution is 2.20. The largest absolute Gasteiger partial charge is 0.323 e. The van der Waals surface area contributed by atoms with Gasteiger partial charge >= 0.3 is 0 Å². The number of benzene rings is 1. The third-order valence-corrected chi connectivity index (χ3v) is 3.69. The van der Waals surface area contributed by atoms with Crippen molar-refractivity contribution in [3.63, 3.8) is 0 Å². The fourth-order valence-electron chi connectivity index (χ4n) is 1.77. The highest BCUT2D eigenvalue weighted by molar-refractivity contribution is 9.10. The second kappa shape index (κ2) is 6.02. The van der Waals surface area contributed by atoms with Gasteiger partial charge in [0.25, 0.3) is 5.91 Å². The molecule has 1 heterocycles. The number of aryl methyl sites for hydroxylation is 2. The van der Waals surface area contributed by atoms with E-state index in [0.717, 1.165) is 15.6 Å². The Morgan fingerprint density at radius 3 is 2.70 bits per heavy atom. The number of halogens is 1. The minimum atomic E-state index is -0.257. The number of hydrazine groups is 1. The number of nitrogens with two attached hydrogens (primary N) is 1. The number of hydrogen-bond donors (Lipinski definition) is 3. The van der Waals surface area contributed by atoms with Crippen LogP contribution in [-0.2, 0) is 0 Å². The number of nitrogen functional groups attached to an aromatic ring is 1. The summed E-state index contributed by atoms with van der Waals surface area (Å²) in [6.45, 7) is 3.86. The Bertz CT molecular complexity index is 658. The third kappa shape index (κ3) is 3.15. The summed E-state index contributed by atoms with van der Waals surface area (Å²) < 4.78 is 0.898. The van der Waals surface area contributed by atoms with Crippen molar-refractivity contribution in [2.24, 2.45) is 5.84 Å². The van der Waals surface area contributed by atoms with E-state index in [4.69, 9.17) is 5.84 Å². The zero-order chi connectivity index (χ0) is 14.7. The van der Waals surface area contributed by atoms with Gasteiger partial charge in [-0.05, 0) is 59.1 Å². The maximum atomic E-state index is 12.2. The van der Waals surface area contributed by atoms with Gasteiger partial charge in [0.05, 0.1) is 11.3 Å². The van der Waals surface area contributed by atoms with Crippen LogP contribution in [0.1, 0.15) is 21.5 Å². The fourth-order valence-corrected chi connectivity index (χ4v) is 1.98. The van der Waals surface area contributed by atoms with Gasteiger partial charge < -0.3 is 10.7 Å². The molecule has 1 aromatic carbocycles. The molecular formula is C14H15BrN4O. The molecule has 6 heteroatoms. The molecule has 0 aliphatic rings. The van der Waals surface area contributed by atoms with E-state index in [1.54, 1.807) is 18.3 Å². The topological polar surface area (TPSA) is 80.0 Å². The molecule has 0 spiro atoms. The second-order valence-corrected chi connectivity index (χ2v) is 5.32. The molecule has 0 fully saturated rings. The smallest absolute Gasteiger partial charge is 0.258 e. The average molecular weight is 335 g/mol. The van der Waals surface area contributed by atoms with Gasteiger partial charge in [0.1, 0.15) is 5.82 Å². The second-order valence-electron chi connectivity index (χ2n) is 4.47. The van der Waals surface area contributed by atoms with Crippen molar-refractivity contribution in [3.05, 3.63) is 51.6 Å². The molecule has 104 valence electrons. The van der Waals surface area contributed by atoms with Crippen LogP contribution in [0.4, 0.5) is 11.5 Å². The number of rotatable bonds is 3. The van der Waals surface area contributed by atoms with Crippen LogP contribution in [0.5, 0.6) is 0 Å². The summed E-state index contributed by atoms with van der Waals surface area (Å²) in [5.41, 5.74) is 5.60. The standard InChI is InChI=1S/C14H15BrN4O/c1-8-3-4-10(12(5-8)19-16)14(20)18-13-6-9(2)11(15)7-17-13/h3-7,19H,16H2,1-2H3,(H,17,18,20). The molecule has 2 aromatic rings. The summed E-state index contributed by atoms with van der Waals surface area (Å²) in [5, 5.41) is 2.75. The normalized spacial score (nSPS) is 10.2. The molecule has 0 saturated carbocycles. The highest BCUT2D eigenvalue weighted by Gasteiger charge is 2.12. The zero-order valence-corrected chi connectivity index (χ0v) is 12.8. The van der Waals surface area contributed by atoms with Gasteiger partial charge in [-0.2, -0.15) is 0 Å². The Hall–Kier alpha value is -1.92. The molecule has 0 bridgehead atoms. The molecule has 1 amide bonds. The van der Waals surface area contributed by atoms with Gasteiger partial charge in [0.15, 0.2) is 0 Å². The summed E-state index contributed by atoms with van der Waals surface area (Å²) in [6, 6.07) is 7.20. The Morgan fingerprint density at radius 2 is 2.05 bits per heavy atom. The molecule has 0 radical (unpaired) electrons. The van der Waals surface area contributed by atoms with E-state index in [2.05, 4.69) is 31.7 Å². The Labute approximate surface area is 125 Å². The summed E-state index contributed by atoms with van der Waals surface area (Å²) in [7, 11) is 0. The lowest BCUT2D eigenvalue weighted by Gasteiger charge is -2.10. The molecular weight excluding hydrogens is 320 g/mol. The van der Waals surface area contributed by atoms with Gasteiger partial charge in [0.2, 0.25) is 0 Å². The monoisotopic (exact) mass is 334 g/mol. The summed E-state index contributed by atoms with van der Waals surface area (Å²) in [4.78, 5) is 16.4. The van der Waals surface area contributed by atoms with Gasteiger partial charge in [-0.1, -0.05) is 6.07 Å².